The molecule has 3 aliphatic heterocycles. The third kappa shape index (κ3) is 3.92. The zero-order valence-corrected chi connectivity index (χ0v) is 22.8. The molecule has 15 nitrogen and oxygen atoms in total. The highest BCUT2D eigenvalue weighted by Crippen LogP contribution is 2.60. The summed E-state index contributed by atoms with van der Waals surface area (Å²) >= 11 is 0. The quantitative estimate of drug-likeness (QED) is 0.129. The summed E-state index contributed by atoms with van der Waals surface area (Å²) in [5.41, 5.74) is -0.745. The molecule has 3 aromatic rings. The number of rotatable bonds is 2. The van der Waals surface area contributed by atoms with Gasteiger partial charge < -0.3 is 70.4 Å². The fraction of sp³-hybridized carbons (Fsp3) is 0.300. The van der Waals surface area contributed by atoms with Gasteiger partial charge in [-0.2, -0.15) is 0 Å². The van der Waals surface area contributed by atoms with Crippen LogP contribution >= 0.6 is 0 Å². The Bertz CT molecular complexity index is 1830. The Kier molecular flexibility index (Phi) is 5.95. The molecule has 0 fully saturated rings. The van der Waals surface area contributed by atoms with Gasteiger partial charge >= 0.3 is 5.79 Å². The summed E-state index contributed by atoms with van der Waals surface area (Å²) in [7, 11) is 0. The Morgan fingerprint density at radius 2 is 1.24 bits per heavy atom. The minimum atomic E-state index is -3.53. The van der Waals surface area contributed by atoms with Gasteiger partial charge in [0.25, 0.3) is 0 Å². The molecule has 3 aromatic carbocycles. The van der Waals surface area contributed by atoms with Gasteiger partial charge in [-0.25, -0.2) is 0 Å². The first kappa shape index (κ1) is 28.8. The second-order valence-electron chi connectivity index (χ2n) is 11.5. The van der Waals surface area contributed by atoms with Crippen LogP contribution in [0.1, 0.15) is 34.3 Å². The first-order chi connectivity index (χ1) is 21.1. The number of hydrogen-bond donors (Lipinski definition) is 11. The zero-order valence-electron chi connectivity index (χ0n) is 22.8. The van der Waals surface area contributed by atoms with Crippen LogP contribution in [-0.2, 0) is 17.6 Å². The van der Waals surface area contributed by atoms with E-state index in [1.807, 2.05) is 0 Å². The van der Waals surface area contributed by atoms with E-state index in [1.54, 1.807) is 0 Å². The van der Waals surface area contributed by atoms with Crippen LogP contribution in [0.2, 0.25) is 0 Å². The molecule has 1 aliphatic carbocycles. The molecule has 0 radical (unpaired) electrons. The van der Waals surface area contributed by atoms with Crippen molar-refractivity contribution in [3.05, 3.63) is 64.2 Å². The van der Waals surface area contributed by atoms with Gasteiger partial charge in [0.05, 0.1) is 18.1 Å². The van der Waals surface area contributed by atoms with Crippen molar-refractivity contribution >= 4 is 5.78 Å². The Hall–Kier alpha value is -4.93. The molecule has 4 aliphatic rings. The summed E-state index contributed by atoms with van der Waals surface area (Å²) in [5, 5.41) is 119. The number of fused-ring (bicyclic) bond motifs is 6. The van der Waals surface area contributed by atoms with Crippen LogP contribution in [0.4, 0.5) is 0 Å². The molecule has 0 spiro atoms. The lowest BCUT2D eigenvalue weighted by Gasteiger charge is -2.52. The van der Waals surface area contributed by atoms with Crippen LogP contribution in [0.5, 0.6) is 51.7 Å². The minimum Gasteiger partial charge on any atom is -0.508 e. The second kappa shape index (κ2) is 9.29. The fourth-order valence-electron chi connectivity index (χ4n) is 6.61. The molecule has 1 unspecified atom stereocenters. The molecule has 3 heterocycles. The first-order valence-corrected chi connectivity index (χ1v) is 13.6. The van der Waals surface area contributed by atoms with Crippen LogP contribution in [0.25, 0.3) is 0 Å². The SMILES string of the molecule is O=C1C=C([C@H]2Oc3cc(O)cc(O)c3C[C@H]2O)C2c3c([C@H]4Oc5cc(O)cc(O)c5C[C@H]4O)cc(O)c(O)c3O[C@]1(O)C2(O)O. The highest BCUT2D eigenvalue weighted by Gasteiger charge is 2.69. The van der Waals surface area contributed by atoms with Crippen LogP contribution in [0.3, 0.4) is 0 Å². The molecule has 11 N–H and O–H groups in total. The number of aliphatic hydroxyl groups excluding tert-OH is 2. The molecule has 0 saturated carbocycles. The molecular formula is C30H26O15. The number of carbonyl (C=O) groups excluding carboxylic acids is 1. The molecule has 6 atom stereocenters. The molecule has 0 saturated heterocycles. The largest absolute Gasteiger partial charge is 0.508 e. The molecular weight excluding hydrogens is 600 g/mol. The van der Waals surface area contributed by atoms with E-state index in [9.17, 15) is 61.0 Å². The lowest BCUT2D eigenvalue weighted by atomic mass is 9.67. The van der Waals surface area contributed by atoms with E-state index in [2.05, 4.69) is 0 Å². The highest BCUT2D eigenvalue weighted by atomic mass is 16.7. The molecule has 236 valence electrons. The molecule has 45 heavy (non-hydrogen) atoms. The number of phenols is 6. The summed E-state index contributed by atoms with van der Waals surface area (Å²) < 4.78 is 17.1. The lowest BCUT2D eigenvalue weighted by Crippen LogP contribution is -2.70. The van der Waals surface area contributed by atoms with Gasteiger partial charge in [0.15, 0.2) is 17.6 Å². The monoisotopic (exact) mass is 626 g/mol. The standard InChI is InChI=1S/C30H26O15/c31-9-1-15(33)11-5-18(36)26(43-20(11)3-9)13-7-17(35)25(39)28-23(13)24-14(8-22(38)30(42,45-28)29(24,40)41)27-19(37)6-12-16(34)2-10(32)4-21(12)44-27/h1-4,7-8,18-19,24,26-27,31-37,39-42H,5-6H2/t18-,19-,24?,26-,27-,30+/m1/s1. The van der Waals surface area contributed by atoms with Crippen molar-refractivity contribution in [2.24, 2.45) is 0 Å². The van der Waals surface area contributed by atoms with Crippen molar-refractivity contribution in [2.45, 2.75) is 54.7 Å². The Morgan fingerprint density at radius 3 is 1.82 bits per heavy atom. The Balaban J connectivity index is 1.43. The van der Waals surface area contributed by atoms with E-state index in [4.69, 9.17) is 14.2 Å². The van der Waals surface area contributed by atoms with Crippen LogP contribution in [-0.4, -0.2) is 91.8 Å². The predicted octanol–water partition coefficient (Wildman–Crippen LogP) is -0.324. The summed E-state index contributed by atoms with van der Waals surface area (Å²) in [5.74, 6) is -14.8. The maximum Gasteiger partial charge on any atom is 0.328 e. The van der Waals surface area contributed by atoms with Crippen molar-refractivity contribution in [2.75, 3.05) is 0 Å². The van der Waals surface area contributed by atoms with E-state index in [-0.39, 0.29) is 58.1 Å². The highest BCUT2D eigenvalue weighted by molar-refractivity contribution is 6.00. The number of ketones is 1. The smallest absolute Gasteiger partial charge is 0.328 e. The number of phenolic OH excluding ortho intramolecular Hbond substituents is 6. The first-order valence-electron chi connectivity index (χ1n) is 13.6. The summed E-state index contributed by atoms with van der Waals surface area (Å²) in [6, 6.07) is 5.26. The van der Waals surface area contributed by atoms with E-state index < -0.39 is 82.0 Å². The summed E-state index contributed by atoms with van der Waals surface area (Å²) in [6.45, 7) is 0. The Labute approximate surface area is 251 Å². The number of aliphatic hydroxyl groups is 5. The number of hydrogen-bond acceptors (Lipinski definition) is 15. The average molecular weight is 627 g/mol. The van der Waals surface area contributed by atoms with E-state index in [1.165, 1.54) is 0 Å². The average Bonchev–Trinajstić information content (AvgIpc) is 2.94. The van der Waals surface area contributed by atoms with Crippen molar-refractivity contribution < 1.29 is 75.2 Å². The van der Waals surface area contributed by atoms with E-state index in [0.717, 1.165) is 36.4 Å². The van der Waals surface area contributed by atoms with Gasteiger partial charge in [-0.15, -0.1) is 0 Å². The number of benzene rings is 3. The molecule has 0 aromatic heterocycles. The van der Waals surface area contributed by atoms with Gasteiger partial charge in [-0.1, -0.05) is 0 Å². The van der Waals surface area contributed by atoms with E-state index >= 15 is 0 Å². The third-order valence-electron chi connectivity index (χ3n) is 8.72. The zero-order chi connectivity index (χ0) is 32.3. The predicted molar refractivity (Wildman–Crippen MR) is 145 cm³/mol. The van der Waals surface area contributed by atoms with Gasteiger partial charge in [0, 0.05) is 59.4 Å². The fourth-order valence-corrected chi connectivity index (χ4v) is 6.61. The van der Waals surface area contributed by atoms with Crippen LogP contribution in [0.15, 0.2) is 42.0 Å². The number of carbonyl (C=O) groups is 1. The number of aromatic hydroxyl groups is 6. The van der Waals surface area contributed by atoms with Crippen LogP contribution < -0.4 is 14.2 Å². The molecule has 2 bridgehead atoms. The number of ether oxygens (including phenoxy) is 3. The van der Waals surface area contributed by atoms with Crippen LogP contribution in [0, 0.1) is 0 Å². The third-order valence-corrected chi connectivity index (χ3v) is 8.72. The van der Waals surface area contributed by atoms with Gasteiger partial charge in [-0.05, 0) is 17.7 Å². The normalized spacial score (nSPS) is 29.2. The van der Waals surface area contributed by atoms with Crippen molar-refractivity contribution in [1.82, 2.24) is 0 Å². The topological polar surface area (TPSA) is 267 Å². The molecule has 7 rings (SSSR count). The van der Waals surface area contributed by atoms with E-state index in [0.29, 0.717) is 0 Å². The molecule has 15 heteroatoms. The maximum absolute atomic E-state index is 13.3. The summed E-state index contributed by atoms with van der Waals surface area (Å²) in [6.07, 6.45) is -5.92. The minimum absolute atomic E-state index is 0.0755. The molecule has 0 amide bonds. The maximum atomic E-state index is 13.3. The van der Waals surface area contributed by atoms with Crippen molar-refractivity contribution in [1.29, 1.82) is 0 Å². The van der Waals surface area contributed by atoms with Crippen molar-refractivity contribution in [3.8, 4) is 51.7 Å². The van der Waals surface area contributed by atoms with Gasteiger partial charge in [-0.3, -0.25) is 4.79 Å². The second-order valence-corrected chi connectivity index (χ2v) is 11.5. The Morgan fingerprint density at radius 1 is 0.711 bits per heavy atom. The van der Waals surface area contributed by atoms with Gasteiger partial charge in [0.2, 0.25) is 17.3 Å². The van der Waals surface area contributed by atoms with Gasteiger partial charge in [0.1, 0.15) is 40.6 Å². The lowest BCUT2D eigenvalue weighted by molar-refractivity contribution is -0.340. The van der Waals surface area contributed by atoms with Crippen molar-refractivity contribution in [3.63, 3.8) is 0 Å². The summed E-state index contributed by atoms with van der Waals surface area (Å²) in [4.78, 5) is 13.3.